The molecule has 0 amide bonds. The number of nitrogens with zero attached hydrogens (tertiary/aromatic N) is 1. The standard InChI is InChI=1S/C29H33NO4/c1-16-18-13-19-23-27-12-6-11-26(2)15-30(23)29(25(26)27,14-28(19,24(16)33)22(27)21(18)32)34-20(31)10-9-17-7-4-3-5-8-17/h3-5,7-10,18-19,21-25,32-33H,1,6,11-15H2,2H3/b10-9+/t18-,19+,21+,22+,23?,24-,25-,26+,27+,28?,29+/m1/s1. The van der Waals surface area contributed by atoms with Crippen LogP contribution in [0.15, 0.2) is 48.6 Å². The Morgan fingerprint density at radius 1 is 1.21 bits per heavy atom. The molecule has 9 fully saturated rings. The monoisotopic (exact) mass is 459 g/mol. The van der Waals surface area contributed by atoms with Crippen LogP contribution >= 0.6 is 0 Å². The number of carbonyl (C=O) groups is 1. The molecule has 1 aromatic rings. The van der Waals surface area contributed by atoms with Crippen molar-refractivity contribution in [3.8, 4) is 0 Å². The fourth-order valence-electron chi connectivity index (χ4n) is 11.6. The summed E-state index contributed by atoms with van der Waals surface area (Å²) in [6.07, 6.45) is 7.24. The molecule has 2 N–H and O–H groups in total. The molecule has 6 saturated carbocycles. The largest absolute Gasteiger partial charge is 0.440 e. The highest BCUT2D eigenvalue weighted by atomic mass is 16.6. The minimum atomic E-state index is -0.684. The molecule has 0 radical (unpaired) electrons. The molecule has 2 spiro atoms. The van der Waals surface area contributed by atoms with Gasteiger partial charge in [-0.3, -0.25) is 4.90 Å². The fraction of sp³-hybridized carbons (Fsp3) is 0.621. The van der Waals surface area contributed by atoms with Gasteiger partial charge in [-0.15, -0.1) is 0 Å². The van der Waals surface area contributed by atoms with Gasteiger partial charge in [-0.25, -0.2) is 4.79 Å². The molecule has 178 valence electrons. The topological polar surface area (TPSA) is 70.0 Å². The van der Waals surface area contributed by atoms with E-state index in [1.165, 1.54) is 0 Å². The molecule has 10 rings (SSSR count). The number of piperidine rings is 2. The van der Waals surface area contributed by atoms with Crippen LogP contribution in [0, 0.1) is 39.9 Å². The van der Waals surface area contributed by atoms with Crippen molar-refractivity contribution in [2.75, 3.05) is 6.54 Å². The Bertz CT molecular complexity index is 1160. The number of fused-ring (bicyclic) bond motifs is 1. The van der Waals surface area contributed by atoms with E-state index in [9.17, 15) is 15.0 Å². The SMILES string of the molecule is C=C1[C@H]2C[C@H]3C4N5C[C@]6(C)CCC[C@]47[C@H]([C@H]2O)C3(C[C@]5(OC(=O)/C=C/c2ccccc2)[C@H]67)[C@@H]1O. The van der Waals surface area contributed by atoms with E-state index in [2.05, 4.69) is 18.4 Å². The number of aliphatic hydroxyl groups excluding tert-OH is 2. The second-order valence-electron chi connectivity index (χ2n) is 12.8. The van der Waals surface area contributed by atoms with Crippen molar-refractivity contribution >= 4 is 12.0 Å². The fourth-order valence-corrected chi connectivity index (χ4v) is 11.6. The van der Waals surface area contributed by atoms with Crippen molar-refractivity contribution in [2.24, 2.45) is 39.9 Å². The first-order valence-electron chi connectivity index (χ1n) is 13.1. The number of ether oxygens (including phenoxy) is 1. The maximum absolute atomic E-state index is 13.3. The molecule has 9 bridgehead atoms. The number of benzene rings is 1. The third kappa shape index (κ3) is 1.85. The van der Waals surface area contributed by atoms with E-state index < -0.39 is 23.3 Å². The Hall–Kier alpha value is -1.95. The maximum Gasteiger partial charge on any atom is 0.332 e. The number of rotatable bonds is 3. The predicted octanol–water partition coefficient (Wildman–Crippen LogP) is 3.38. The molecule has 3 aliphatic heterocycles. The van der Waals surface area contributed by atoms with E-state index in [-0.39, 0.29) is 40.6 Å². The van der Waals surface area contributed by atoms with Gasteiger partial charge < -0.3 is 14.9 Å². The van der Waals surface area contributed by atoms with E-state index in [0.29, 0.717) is 12.3 Å². The summed E-state index contributed by atoms with van der Waals surface area (Å²) in [7, 11) is 0. The van der Waals surface area contributed by atoms with Gasteiger partial charge in [-0.2, -0.15) is 0 Å². The number of aliphatic hydroxyl groups is 2. The van der Waals surface area contributed by atoms with E-state index in [4.69, 9.17) is 4.74 Å². The summed E-state index contributed by atoms with van der Waals surface area (Å²) in [5.41, 5.74) is 0.681. The predicted molar refractivity (Wildman–Crippen MR) is 126 cm³/mol. The average molecular weight is 460 g/mol. The molecule has 0 aromatic heterocycles. The highest BCUT2D eigenvalue weighted by Gasteiger charge is 2.94. The lowest BCUT2D eigenvalue weighted by atomic mass is 9.39. The summed E-state index contributed by atoms with van der Waals surface area (Å²) in [4.78, 5) is 15.9. The Morgan fingerprint density at radius 2 is 2.00 bits per heavy atom. The van der Waals surface area contributed by atoms with Crippen molar-refractivity contribution < 1.29 is 19.7 Å². The minimum Gasteiger partial charge on any atom is -0.440 e. The van der Waals surface area contributed by atoms with E-state index in [0.717, 1.165) is 43.4 Å². The number of hydrogen-bond acceptors (Lipinski definition) is 5. The molecular weight excluding hydrogens is 426 g/mol. The summed E-state index contributed by atoms with van der Waals surface area (Å²) in [6, 6.07) is 10.1. The van der Waals surface area contributed by atoms with Gasteiger partial charge in [0.1, 0.15) is 0 Å². The van der Waals surface area contributed by atoms with Gasteiger partial charge in [0.05, 0.1) is 12.2 Å². The minimum absolute atomic E-state index is 0.00416. The van der Waals surface area contributed by atoms with Gasteiger partial charge in [0.15, 0.2) is 5.72 Å². The molecule has 12 atom stereocenters. The summed E-state index contributed by atoms with van der Waals surface area (Å²) in [5.74, 6) is 0.353. The average Bonchev–Trinajstić information content (AvgIpc) is 3.20. The second kappa shape index (κ2) is 5.88. The molecule has 6 aliphatic carbocycles. The van der Waals surface area contributed by atoms with E-state index in [1.807, 2.05) is 36.4 Å². The summed E-state index contributed by atoms with van der Waals surface area (Å²) < 4.78 is 6.58. The molecule has 34 heavy (non-hydrogen) atoms. The first-order chi connectivity index (χ1) is 16.3. The Balaban J connectivity index is 1.26. The number of carbonyl (C=O) groups excluding carboxylic acids is 1. The van der Waals surface area contributed by atoms with Gasteiger partial charge in [-0.05, 0) is 47.8 Å². The van der Waals surface area contributed by atoms with Crippen molar-refractivity contribution in [3.63, 3.8) is 0 Å². The van der Waals surface area contributed by atoms with Crippen LogP contribution in [0.5, 0.6) is 0 Å². The van der Waals surface area contributed by atoms with Gasteiger partial charge in [-0.1, -0.05) is 50.3 Å². The van der Waals surface area contributed by atoms with Crippen LogP contribution in [0.1, 0.15) is 44.6 Å². The first-order valence-corrected chi connectivity index (χ1v) is 13.1. The zero-order valence-electron chi connectivity index (χ0n) is 19.7. The van der Waals surface area contributed by atoms with Crippen molar-refractivity contribution in [1.82, 2.24) is 4.90 Å². The van der Waals surface area contributed by atoms with Crippen LogP contribution in [-0.4, -0.2) is 51.6 Å². The molecule has 3 unspecified atom stereocenters. The first kappa shape index (κ1) is 20.3. The molecule has 5 nitrogen and oxygen atoms in total. The Labute approximate surface area is 200 Å². The quantitative estimate of drug-likeness (QED) is 0.412. The summed E-state index contributed by atoms with van der Waals surface area (Å²) in [5, 5.41) is 23.4. The number of esters is 1. The lowest BCUT2D eigenvalue weighted by Gasteiger charge is -2.67. The third-order valence-electron chi connectivity index (χ3n) is 11.8. The van der Waals surface area contributed by atoms with Crippen LogP contribution in [0.4, 0.5) is 0 Å². The maximum atomic E-state index is 13.3. The number of hydrogen-bond donors (Lipinski definition) is 2. The summed E-state index contributed by atoms with van der Waals surface area (Å²) in [6.45, 7) is 7.60. The third-order valence-corrected chi connectivity index (χ3v) is 11.8. The highest BCUT2D eigenvalue weighted by Crippen LogP contribution is 2.89. The molecule has 1 aromatic carbocycles. The molecule has 3 saturated heterocycles. The van der Waals surface area contributed by atoms with E-state index in [1.54, 1.807) is 6.08 Å². The zero-order valence-corrected chi connectivity index (χ0v) is 19.7. The van der Waals surface area contributed by atoms with Gasteiger partial charge in [0.2, 0.25) is 0 Å². The Kier molecular flexibility index (Phi) is 3.50. The van der Waals surface area contributed by atoms with Crippen LogP contribution in [0.25, 0.3) is 6.08 Å². The van der Waals surface area contributed by atoms with Gasteiger partial charge in [0, 0.05) is 53.7 Å². The highest BCUT2D eigenvalue weighted by molar-refractivity contribution is 5.87. The Morgan fingerprint density at radius 3 is 2.79 bits per heavy atom. The van der Waals surface area contributed by atoms with Crippen LogP contribution in [-0.2, 0) is 9.53 Å². The molecular formula is C29H33NO4. The van der Waals surface area contributed by atoms with Crippen LogP contribution in [0.2, 0.25) is 0 Å². The van der Waals surface area contributed by atoms with Crippen LogP contribution < -0.4 is 0 Å². The van der Waals surface area contributed by atoms with E-state index >= 15 is 0 Å². The van der Waals surface area contributed by atoms with Crippen molar-refractivity contribution in [3.05, 3.63) is 54.1 Å². The van der Waals surface area contributed by atoms with Crippen LogP contribution in [0.3, 0.4) is 0 Å². The van der Waals surface area contributed by atoms with Crippen molar-refractivity contribution in [2.45, 2.75) is 63.0 Å². The molecule has 5 heteroatoms. The lowest BCUT2D eigenvalue weighted by Crippen LogP contribution is -2.72. The molecule has 9 aliphatic rings. The smallest absolute Gasteiger partial charge is 0.332 e. The second-order valence-corrected chi connectivity index (χ2v) is 12.8. The molecule has 3 heterocycles. The van der Waals surface area contributed by atoms with Gasteiger partial charge >= 0.3 is 5.97 Å². The normalized spacial score (nSPS) is 57.1. The zero-order chi connectivity index (χ0) is 23.3. The van der Waals surface area contributed by atoms with Crippen molar-refractivity contribution in [1.29, 1.82) is 0 Å². The lowest BCUT2D eigenvalue weighted by molar-refractivity contribution is -0.277. The van der Waals surface area contributed by atoms with Gasteiger partial charge in [0.25, 0.3) is 0 Å². The summed E-state index contributed by atoms with van der Waals surface area (Å²) >= 11 is 0.